The summed E-state index contributed by atoms with van der Waals surface area (Å²) in [6, 6.07) is 0. The van der Waals surface area contributed by atoms with Crippen molar-refractivity contribution >= 4 is 11.9 Å². The molecule has 1 N–H and O–H groups in total. The summed E-state index contributed by atoms with van der Waals surface area (Å²) in [5, 5.41) is 8.73. The minimum atomic E-state index is -0.850. The molecule has 4 nitrogen and oxygen atoms in total. The molecule has 0 aromatic heterocycles. The van der Waals surface area contributed by atoms with Crippen LogP contribution in [0.5, 0.6) is 0 Å². The van der Waals surface area contributed by atoms with E-state index in [0.717, 1.165) is 37.0 Å². The molecule has 4 fully saturated rings. The fourth-order valence-electron chi connectivity index (χ4n) is 7.86. The van der Waals surface area contributed by atoms with E-state index in [1.807, 2.05) is 0 Å². The average Bonchev–Trinajstić information content (AvgIpc) is 2.97. The van der Waals surface area contributed by atoms with E-state index in [-0.39, 0.29) is 24.9 Å². The first-order valence-corrected chi connectivity index (χ1v) is 11.8. The molecule has 0 spiro atoms. The lowest BCUT2D eigenvalue weighted by Gasteiger charge is -2.60. The number of carboxylic acid groups (broad SMARTS) is 1. The van der Waals surface area contributed by atoms with Crippen molar-refractivity contribution in [3.63, 3.8) is 0 Å². The summed E-state index contributed by atoms with van der Waals surface area (Å²) >= 11 is 0. The Hall–Kier alpha value is -1.32. The highest BCUT2D eigenvalue weighted by Crippen LogP contribution is 2.67. The largest absolute Gasteiger partial charge is 0.481 e. The van der Waals surface area contributed by atoms with Crippen molar-refractivity contribution in [2.45, 2.75) is 97.0 Å². The molecule has 4 rings (SSSR count). The summed E-state index contributed by atoms with van der Waals surface area (Å²) in [7, 11) is 0. The van der Waals surface area contributed by atoms with Crippen LogP contribution in [0.2, 0.25) is 0 Å². The molecule has 0 bridgehead atoms. The van der Waals surface area contributed by atoms with Gasteiger partial charge in [-0.1, -0.05) is 26.0 Å². The molecule has 7 atom stereocenters. The van der Waals surface area contributed by atoms with Gasteiger partial charge < -0.3 is 9.84 Å². The Balaban J connectivity index is 1.37. The Morgan fingerprint density at radius 3 is 2.62 bits per heavy atom. The predicted molar refractivity (Wildman–Crippen MR) is 112 cm³/mol. The molecule has 162 valence electrons. The Morgan fingerprint density at radius 1 is 1.07 bits per heavy atom. The zero-order valence-corrected chi connectivity index (χ0v) is 18.3. The highest BCUT2D eigenvalue weighted by atomic mass is 16.5. The number of carboxylic acids is 1. The average molecular weight is 403 g/mol. The summed E-state index contributed by atoms with van der Waals surface area (Å²) in [4.78, 5) is 22.8. The third-order valence-electron chi connectivity index (χ3n) is 9.64. The molecule has 0 aromatic rings. The monoisotopic (exact) mass is 402 g/mol. The third kappa shape index (κ3) is 3.65. The van der Waals surface area contributed by atoms with E-state index < -0.39 is 5.97 Å². The molecule has 0 saturated heterocycles. The van der Waals surface area contributed by atoms with E-state index in [2.05, 4.69) is 20.4 Å². The van der Waals surface area contributed by atoms with E-state index in [0.29, 0.717) is 23.2 Å². The maximum Gasteiger partial charge on any atom is 0.306 e. The fraction of sp³-hybridized carbons (Fsp3) is 0.840. The molecular weight excluding hydrogens is 364 g/mol. The molecule has 4 aliphatic carbocycles. The lowest BCUT2D eigenvalue weighted by Crippen LogP contribution is -2.53. The highest BCUT2D eigenvalue weighted by Gasteiger charge is 2.58. The zero-order valence-electron chi connectivity index (χ0n) is 18.3. The van der Waals surface area contributed by atoms with Crippen LogP contribution in [0, 0.1) is 34.5 Å². The molecule has 4 saturated carbocycles. The van der Waals surface area contributed by atoms with Crippen molar-refractivity contribution in [3.8, 4) is 0 Å². The van der Waals surface area contributed by atoms with Crippen molar-refractivity contribution in [1.29, 1.82) is 0 Å². The van der Waals surface area contributed by atoms with Crippen molar-refractivity contribution < 1.29 is 19.4 Å². The second-order valence-electron chi connectivity index (χ2n) is 10.9. The third-order valence-corrected chi connectivity index (χ3v) is 9.64. The van der Waals surface area contributed by atoms with Crippen LogP contribution in [-0.4, -0.2) is 23.1 Å². The quantitative estimate of drug-likeness (QED) is 0.469. The van der Waals surface area contributed by atoms with Gasteiger partial charge in [-0.2, -0.15) is 0 Å². The van der Waals surface area contributed by atoms with Gasteiger partial charge in [0.15, 0.2) is 0 Å². The number of carbonyl (C=O) groups is 2. The maximum atomic E-state index is 12.1. The first kappa shape index (κ1) is 20.9. The number of hydrogen-bond acceptors (Lipinski definition) is 3. The fourth-order valence-corrected chi connectivity index (χ4v) is 7.86. The van der Waals surface area contributed by atoms with Crippen LogP contribution in [0.3, 0.4) is 0 Å². The molecular formula is C25H38O4. The number of ether oxygens (including phenoxy) is 1. The van der Waals surface area contributed by atoms with Gasteiger partial charge >= 0.3 is 11.9 Å². The van der Waals surface area contributed by atoms with Crippen LogP contribution < -0.4 is 0 Å². The molecule has 0 unspecified atom stereocenters. The lowest BCUT2D eigenvalue weighted by molar-refractivity contribution is -0.161. The van der Waals surface area contributed by atoms with E-state index in [1.54, 1.807) is 0 Å². The number of hydrogen-bond donors (Lipinski definition) is 1. The number of carbonyl (C=O) groups excluding carboxylic acids is 1. The standard InChI is InChI=1S/C25H38O4/c1-16-7-10-20-19-9-8-17-15-18(29-23(28)6-4-5-22(26)27)11-13-25(17,3)21(19)12-14-24(16,20)2/h17-21H,1,4-15H2,2-3H3,(H,26,27)/t17-,18-,19+,20+,21+,24-,25+/m1/s1. The second-order valence-corrected chi connectivity index (χ2v) is 10.9. The number of fused-ring (bicyclic) bond motifs is 5. The number of rotatable bonds is 5. The maximum absolute atomic E-state index is 12.1. The van der Waals surface area contributed by atoms with Gasteiger partial charge in [-0.15, -0.1) is 0 Å². The van der Waals surface area contributed by atoms with Gasteiger partial charge in [0.1, 0.15) is 6.10 Å². The predicted octanol–water partition coefficient (Wildman–Crippen LogP) is 5.75. The first-order chi connectivity index (χ1) is 13.7. The van der Waals surface area contributed by atoms with Crippen LogP contribution in [0.25, 0.3) is 0 Å². The zero-order chi connectivity index (χ0) is 20.8. The van der Waals surface area contributed by atoms with E-state index >= 15 is 0 Å². The Morgan fingerprint density at radius 2 is 1.86 bits per heavy atom. The molecule has 0 aliphatic heterocycles. The Kier molecular flexibility index (Phi) is 5.59. The highest BCUT2D eigenvalue weighted by molar-refractivity contribution is 5.71. The number of esters is 1. The van der Waals surface area contributed by atoms with Gasteiger partial charge in [0.25, 0.3) is 0 Å². The van der Waals surface area contributed by atoms with Gasteiger partial charge in [0.2, 0.25) is 0 Å². The Bertz CT molecular complexity index is 684. The first-order valence-electron chi connectivity index (χ1n) is 11.8. The van der Waals surface area contributed by atoms with E-state index in [4.69, 9.17) is 9.84 Å². The minimum Gasteiger partial charge on any atom is -0.481 e. The van der Waals surface area contributed by atoms with Crippen LogP contribution >= 0.6 is 0 Å². The molecule has 0 aromatic carbocycles. The Labute approximate surface area is 175 Å². The van der Waals surface area contributed by atoms with Gasteiger partial charge in [-0.3, -0.25) is 9.59 Å². The van der Waals surface area contributed by atoms with Crippen LogP contribution in [0.4, 0.5) is 0 Å². The summed E-state index contributed by atoms with van der Waals surface area (Å²) in [5.41, 5.74) is 2.28. The second kappa shape index (κ2) is 7.74. The molecule has 4 aliphatic rings. The summed E-state index contributed by atoms with van der Waals surface area (Å²) in [5.74, 6) is 2.09. The van der Waals surface area contributed by atoms with E-state index in [9.17, 15) is 9.59 Å². The molecule has 29 heavy (non-hydrogen) atoms. The van der Waals surface area contributed by atoms with Crippen LogP contribution in [0.15, 0.2) is 12.2 Å². The molecule has 0 heterocycles. The van der Waals surface area contributed by atoms with Gasteiger partial charge in [-0.25, -0.2) is 0 Å². The van der Waals surface area contributed by atoms with Gasteiger partial charge in [0.05, 0.1) is 0 Å². The lowest BCUT2D eigenvalue weighted by atomic mass is 9.45. The molecule has 0 amide bonds. The van der Waals surface area contributed by atoms with Crippen molar-refractivity contribution in [2.75, 3.05) is 0 Å². The number of aliphatic carboxylic acids is 1. The van der Waals surface area contributed by atoms with Crippen molar-refractivity contribution in [3.05, 3.63) is 12.2 Å². The number of allylic oxidation sites excluding steroid dienone is 1. The van der Waals surface area contributed by atoms with Gasteiger partial charge in [0, 0.05) is 12.8 Å². The normalized spacial score (nSPS) is 43.8. The summed E-state index contributed by atoms with van der Waals surface area (Å²) in [6.45, 7) is 9.45. The van der Waals surface area contributed by atoms with Crippen molar-refractivity contribution in [2.24, 2.45) is 34.5 Å². The van der Waals surface area contributed by atoms with Crippen LogP contribution in [0.1, 0.15) is 90.9 Å². The van der Waals surface area contributed by atoms with E-state index in [1.165, 1.54) is 44.1 Å². The van der Waals surface area contributed by atoms with Crippen LogP contribution in [-0.2, 0) is 14.3 Å². The SMILES string of the molecule is C=C1CC[C@H]2[C@@H]3CC[C@@H]4C[C@H](OC(=O)CCCC(=O)O)CC[C@]4(C)[C@H]3CC[C@]12C. The minimum absolute atomic E-state index is 0.0297. The molecule has 4 heteroatoms. The summed E-state index contributed by atoms with van der Waals surface area (Å²) < 4.78 is 5.76. The smallest absolute Gasteiger partial charge is 0.306 e. The molecule has 0 radical (unpaired) electrons. The topological polar surface area (TPSA) is 63.6 Å². The summed E-state index contributed by atoms with van der Waals surface area (Å²) in [6.07, 6.45) is 11.6. The van der Waals surface area contributed by atoms with Crippen molar-refractivity contribution in [1.82, 2.24) is 0 Å². The van der Waals surface area contributed by atoms with Gasteiger partial charge in [-0.05, 0) is 98.7 Å².